The second kappa shape index (κ2) is 12.0. The summed E-state index contributed by atoms with van der Waals surface area (Å²) < 4.78 is 14.3. The maximum absolute atomic E-state index is 14.0. The van der Waals surface area contributed by atoms with E-state index in [0.29, 0.717) is 36.6 Å². The first-order valence-electron chi connectivity index (χ1n) is 13.0. The van der Waals surface area contributed by atoms with Crippen LogP contribution in [-0.2, 0) is 9.53 Å². The average Bonchev–Trinajstić information content (AvgIpc) is 3.50. The molecule has 0 saturated heterocycles. The highest BCUT2D eigenvalue weighted by Gasteiger charge is 2.35. The molecule has 0 unspecified atom stereocenters. The molecule has 8 nitrogen and oxygen atoms in total. The van der Waals surface area contributed by atoms with Crippen LogP contribution in [0.15, 0.2) is 113 Å². The van der Waals surface area contributed by atoms with Gasteiger partial charge in [0.25, 0.3) is 5.56 Å². The molecule has 3 aromatic heterocycles. The van der Waals surface area contributed by atoms with Crippen LogP contribution in [0.25, 0.3) is 11.8 Å². The molecule has 11 heteroatoms. The van der Waals surface area contributed by atoms with Crippen molar-refractivity contribution in [2.45, 2.75) is 30.1 Å². The molecule has 0 aliphatic carbocycles. The number of carbonyl (C=O) groups excluding carboxylic acids is 1. The normalized spacial score (nSPS) is 14.9. The topological polar surface area (TPSA) is 99.6 Å². The molecule has 0 spiro atoms. The first kappa shape index (κ1) is 28.1. The van der Waals surface area contributed by atoms with E-state index in [1.807, 2.05) is 73.7 Å². The smallest absolute Gasteiger partial charge is 0.338 e. The van der Waals surface area contributed by atoms with Crippen molar-refractivity contribution < 1.29 is 13.9 Å². The SMILES string of the molecule is CCOC(=O)C1=C(c2ccccc2)N=c2s/c(=C/c3cc(Br)c(Sc4nccc(C)n4)o3)c(=O)n2[C@H]1c1ccccc1. The number of carbonyl (C=O) groups is 1. The van der Waals surface area contributed by atoms with Gasteiger partial charge in [-0.25, -0.2) is 19.8 Å². The lowest BCUT2D eigenvalue weighted by Gasteiger charge is -2.25. The molecule has 4 heterocycles. The molecule has 0 bridgehead atoms. The van der Waals surface area contributed by atoms with Crippen LogP contribution in [0.1, 0.15) is 35.5 Å². The van der Waals surface area contributed by atoms with Gasteiger partial charge in [-0.05, 0) is 59.2 Å². The molecule has 42 heavy (non-hydrogen) atoms. The van der Waals surface area contributed by atoms with Crippen LogP contribution in [0.5, 0.6) is 0 Å². The molecule has 1 aliphatic rings. The zero-order valence-electron chi connectivity index (χ0n) is 22.5. The number of furan rings is 1. The van der Waals surface area contributed by atoms with Crippen LogP contribution in [-0.4, -0.2) is 27.1 Å². The highest BCUT2D eigenvalue weighted by Crippen LogP contribution is 2.36. The van der Waals surface area contributed by atoms with Crippen LogP contribution >= 0.6 is 39.0 Å². The lowest BCUT2D eigenvalue weighted by molar-refractivity contribution is -0.138. The van der Waals surface area contributed by atoms with Gasteiger partial charge in [-0.3, -0.25) is 9.36 Å². The third-order valence-corrected chi connectivity index (χ3v) is 9.10. The van der Waals surface area contributed by atoms with Gasteiger partial charge in [0.05, 0.1) is 32.9 Å². The minimum atomic E-state index is -0.730. The Balaban J connectivity index is 1.52. The van der Waals surface area contributed by atoms with Gasteiger partial charge in [0.1, 0.15) is 5.76 Å². The summed E-state index contributed by atoms with van der Waals surface area (Å²) in [5, 5.41) is 1.12. The van der Waals surface area contributed by atoms with Crippen LogP contribution < -0.4 is 14.9 Å². The number of aromatic nitrogens is 3. The second-order valence-electron chi connectivity index (χ2n) is 9.21. The third-order valence-electron chi connectivity index (χ3n) is 6.39. The Hall–Kier alpha value is -4.06. The Labute approximate surface area is 257 Å². The monoisotopic (exact) mass is 658 g/mol. The third kappa shape index (κ3) is 5.55. The lowest BCUT2D eigenvalue weighted by atomic mass is 9.93. The number of aryl methyl sites for hydroxylation is 1. The maximum atomic E-state index is 14.0. The van der Waals surface area contributed by atoms with Gasteiger partial charge in [-0.15, -0.1) is 0 Å². The lowest BCUT2D eigenvalue weighted by Crippen LogP contribution is -2.39. The largest absolute Gasteiger partial charge is 0.463 e. The number of hydrogen-bond acceptors (Lipinski definition) is 9. The van der Waals surface area contributed by atoms with Crippen LogP contribution in [0.3, 0.4) is 0 Å². The predicted molar refractivity (Wildman–Crippen MR) is 165 cm³/mol. The van der Waals surface area contributed by atoms with Crippen LogP contribution in [0, 0.1) is 6.92 Å². The molecular formula is C31H23BrN4O4S2. The molecule has 1 atom stereocenters. The number of halogens is 1. The molecule has 2 aromatic carbocycles. The van der Waals surface area contributed by atoms with Crippen molar-refractivity contribution in [3.8, 4) is 0 Å². The van der Waals surface area contributed by atoms with Crippen molar-refractivity contribution in [2.75, 3.05) is 6.61 Å². The number of nitrogens with zero attached hydrogens (tertiary/aromatic N) is 4. The Morgan fingerprint density at radius 3 is 2.60 bits per heavy atom. The summed E-state index contributed by atoms with van der Waals surface area (Å²) in [6.45, 7) is 3.84. The Kier molecular flexibility index (Phi) is 8.05. The summed E-state index contributed by atoms with van der Waals surface area (Å²) in [7, 11) is 0. The highest BCUT2D eigenvalue weighted by molar-refractivity contribution is 9.10. The summed E-state index contributed by atoms with van der Waals surface area (Å²) in [4.78, 5) is 41.6. The summed E-state index contributed by atoms with van der Waals surface area (Å²) in [6, 6.07) is 21.8. The Morgan fingerprint density at radius 1 is 1.14 bits per heavy atom. The fraction of sp³-hybridized carbons (Fsp3) is 0.129. The van der Waals surface area contributed by atoms with Gasteiger partial charge < -0.3 is 9.15 Å². The van der Waals surface area contributed by atoms with Crippen molar-refractivity contribution in [1.82, 2.24) is 14.5 Å². The predicted octanol–water partition coefficient (Wildman–Crippen LogP) is 5.54. The number of fused-ring (bicyclic) bond motifs is 1. The summed E-state index contributed by atoms with van der Waals surface area (Å²) in [6.07, 6.45) is 3.38. The van der Waals surface area contributed by atoms with E-state index >= 15 is 0 Å². The molecule has 0 saturated carbocycles. The number of hydrogen-bond donors (Lipinski definition) is 0. The molecule has 0 radical (unpaired) electrons. The molecule has 210 valence electrons. The average molecular weight is 660 g/mol. The van der Waals surface area contributed by atoms with Crippen molar-refractivity contribution in [2.24, 2.45) is 4.99 Å². The fourth-order valence-electron chi connectivity index (χ4n) is 4.59. The van der Waals surface area contributed by atoms with E-state index < -0.39 is 12.0 Å². The summed E-state index contributed by atoms with van der Waals surface area (Å²) >= 11 is 6.07. The van der Waals surface area contributed by atoms with Crippen molar-refractivity contribution in [3.63, 3.8) is 0 Å². The van der Waals surface area contributed by atoms with Gasteiger partial charge in [-0.2, -0.15) is 0 Å². The van der Waals surface area contributed by atoms with Gasteiger partial charge in [0, 0.05) is 23.5 Å². The zero-order chi connectivity index (χ0) is 29.2. The number of benzene rings is 2. The molecule has 5 aromatic rings. The van der Waals surface area contributed by atoms with E-state index in [0.717, 1.165) is 21.3 Å². The van der Waals surface area contributed by atoms with Crippen molar-refractivity contribution in [1.29, 1.82) is 0 Å². The molecule has 0 fully saturated rings. The molecule has 6 rings (SSSR count). The fourth-order valence-corrected chi connectivity index (χ4v) is 6.88. The molecule has 1 aliphatic heterocycles. The van der Waals surface area contributed by atoms with Crippen LogP contribution in [0.4, 0.5) is 0 Å². The molecule has 0 N–H and O–H groups in total. The summed E-state index contributed by atoms with van der Waals surface area (Å²) in [5.41, 5.74) is 2.88. The first-order valence-corrected chi connectivity index (χ1v) is 15.5. The minimum absolute atomic E-state index is 0.192. The number of thiazole rings is 1. The Bertz CT molecular complexity index is 2000. The van der Waals surface area contributed by atoms with E-state index in [1.165, 1.54) is 23.1 Å². The number of esters is 1. The van der Waals surface area contributed by atoms with E-state index in [9.17, 15) is 9.59 Å². The van der Waals surface area contributed by atoms with Crippen molar-refractivity contribution in [3.05, 3.63) is 131 Å². The summed E-state index contributed by atoms with van der Waals surface area (Å²) in [5.74, 6) is -0.0373. The van der Waals surface area contributed by atoms with E-state index in [-0.39, 0.29) is 12.2 Å². The molecular weight excluding hydrogens is 636 g/mol. The van der Waals surface area contributed by atoms with Gasteiger partial charge in [-0.1, -0.05) is 72.0 Å². The zero-order valence-corrected chi connectivity index (χ0v) is 25.7. The number of ether oxygens (including phenoxy) is 1. The highest BCUT2D eigenvalue weighted by atomic mass is 79.9. The Morgan fingerprint density at radius 2 is 1.88 bits per heavy atom. The molecule has 0 amide bonds. The van der Waals surface area contributed by atoms with Crippen molar-refractivity contribution >= 4 is 56.8 Å². The van der Waals surface area contributed by atoms with E-state index in [2.05, 4.69) is 25.9 Å². The minimum Gasteiger partial charge on any atom is -0.463 e. The van der Waals surface area contributed by atoms with Gasteiger partial charge >= 0.3 is 5.97 Å². The number of rotatable bonds is 7. The first-order chi connectivity index (χ1) is 20.4. The standard InChI is InChI=1S/C31H23BrN4O4S2/c1-3-39-28(38)24-25(19-10-6-4-7-11-19)35-31-36(26(24)20-12-8-5-9-13-20)27(37)23(41-31)17-21-16-22(32)29(40-21)42-30-33-15-14-18(2)34-30/h4-17,26H,3H2,1-2H3/b23-17+/t26-/m0/s1. The van der Waals surface area contributed by atoms with Crippen LogP contribution in [0.2, 0.25) is 0 Å². The maximum Gasteiger partial charge on any atom is 0.338 e. The van der Waals surface area contributed by atoms with Gasteiger partial charge in [0.15, 0.2) is 15.1 Å². The quantitative estimate of drug-likeness (QED) is 0.167. The van der Waals surface area contributed by atoms with E-state index in [4.69, 9.17) is 14.1 Å². The van der Waals surface area contributed by atoms with E-state index in [1.54, 1.807) is 29.8 Å². The second-order valence-corrected chi connectivity index (χ2v) is 12.0. The van der Waals surface area contributed by atoms with Gasteiger partial charge in [0.2, 0.25) is 0 Å².